The molecule has 2 N–H and O–H groups in total. The summed E-state index contributed by atoms with van der Waals surface area (Å²) in [5.74, 6) is 0.429. The number of rotatable bonds is 2. The van der Waals surface area contributed by atoms with Crippen LogP contribution >= 0.6 is 11.8 Å². The number of piperidine rings is 1. The van der Waals surface area contributed by atoms with Crippen molar-refractivity contribution in [2.75, 3.05) is 0 Å². The molecule has 0 radical (unpaired) electrons. The number of fused-ring (bicyclic) bond motifs is 2. The highest BCUT2D eigenvalue weighted by molar-refractivity contribution is 8.00. The molecule has 3 heteroatoms. The number of hydrogen-bond donors (Lipinski definition) is 2. The lowest BCUT2D eigenvalue weighted by Crippen LogP contribution is -2.39. The molecule has 2 fully saturated rings. The van der Waals surface area contributed by atoms with Crippen molar-refractivity contribution in [2.45, 2.75) is 47.9 Å². The van der Waals surface area contributed by atoms with Gasteiger partial charge in [0.2, 0.25) is 0 Å². The molecule has 0 amide bonds. The van der Waals surface area contributed by atoms with E-state index in [9.17, 15) is 5.11 Å². The lowest BCUT2D eigenvalue weighted by molar-refractivity contribution is 0.414. The van der Waals surface area contributed by atoms with Gasteiger partial charge in [-0.3, -0.25) is 0 Å². The van der Waals surface area contributed by atoms with Gasteiger partial charge in [0.05, 0.1) is 0 Å². The van der Waals surface area contributed by atoms with E-state index in [0.717, 1.165) is 17.0 Å². The van der Waals surface area contributed by atoms with Crippen LogP contribution in [0.1, 0.15) is 25.7 Å². The minimum atomic E-state index is 0.429. The van der Waals surface area contributed by atoms with E-state index in [-0.39, 0.29) is 0 Å². The molecule has 0 saturated carbocycles. The van der Waals surface area contributed by atoms with Gasteiger partial charge in [0.1, 0.15) is 5.75 Å². The summed E-state index contributed by atoms with van der Waals surface area (Å²) in [5.41, 5.74) is 0. The zero-order valence-electron chi connectivity index (χ0n) is 9.23. The van der Waals surface area contributed by atoms with Crippen LogP contribution in [0.3, 0.4) is 0 Å². The van der Waals surface area contributed by atoms with Gasteiger partial charge < -0.3 is 10.4 Å². The summed E-state index contributed by atoms with van der Waals surface area (Å²) in [5, 5.41) is 14.1. The van der Waals surface area contributed by atoms with E-state index in [1.54, 1.807) is 6.07 Å². The molecule has 2 aliphatic rings. The van der Waals surface area contributed by atoms with Gasteiger partial charge in [-0.1, -0.05) is 12.1 Å². The summed E-state index contributed by atoms with van der Waals surface area (Å²) in [6.07, 6.45) is 5.16. The number of nitrogens with one attached hydrogen (secondary N) is 1. The molecule has 16 heavy (non-hydrogen) atoms. The van der Waals surface area contributed by atoms with Crippen molar-refractivity contribution in [1.82, 2.24) is 5.32 Å². The molecule has 86 valence electrons. The molecular weight excluding hydrogens is 218 g/mol. The van der Waals surface area contributed by atoms with Crippen molar-refractivity contribution < 1.29 is 5.11 Å². The molecule has 3 rings (SSSR count). The van der Waals surface area contributed by atoms with Crippen LogP contribution in [-0.4, -0.2) is 22.4 Å². The smallest absolute Gasteiger partial charge is 0.129 e. The predicted molar refractivity (Wildman–Crippen MR) is 66.9 cm³/mol. The Morgan fingerprint density at radius 3 is 2.50 bits per heavy atom. The largest absolute Gasteiger partial charge is 0.507 e. The predicted octanol–water partition coefficient (Wildman–Crippen LogP) is 2.77. The average molecular weight is 235 g/mol. The van der Waals surface area contributed by atoms with Crippen LogP contribution in [0.5, 0.6) is 5.75 Å². The quantitative estimate of drug-likeness (QED) is 0.826. The maximum absolute atomic E-state index is 9.75. The maximum Gasteiger partial charge on any atom is 0.129 e. The zero-order valence-corrected chi connectivity index (χ0v) is 10.0. The van der Waals surface area contributed by atoms with Gasteiger partial charge in [0.15, 0.2) is 0 Å². The van der Waals surface area contributed by atoms with Gasteiger partial charge >= 0.3 is 0 Å². The van der Waals surface area contributed by atoms with Crippen molar-refractivity contribution in [2.24, 2.45) is 0 Å². The van der Waals surface area contributed by atoms with Crippen molar-refractivity contribution in [3.63, 3.8) is 0 Å². The fraction of sp³-hybridized carbons (Fsp3) is 0.538. The van der Waals surface area contributed by atoms with Gasteiger partial charge in [-0.05, 0) is 37.8 Å². The number of phenols is 1. The number of thioether (sulfide) groups is 1. The van der Waals surface area contributed by atoms with Crippen molar-refractivity contribution in [1.29, 1.82) is 0 Å². The van der Waals surface area contributed by atoms with Crippen LogP contribution in [0.4, 0.5) is 0 Å². The third-order valence-corrected chi connectivity index (χ3v) is 4.91. The SMILES string of the molecule is Oc1ccccc1SC1CC2CCC(C1)N2. The van der Waals surface area contributed by atoms with Crippen LogP contribution in [0.15, 0.2) is 29.2 Å². The normalized spacial score (nSPS) is 32.9. The third-order valence-electron chi connectivity index (χ3n) is 3.59. The van der Waals surface area contributed by atoms with Gasteiger partial charge in [0, 0.05) is 22.2 Å². The summed E-state index contributed by atoms with van der Waals surface area (Å²) in [6.45, 7) is 0. The van der Waals surface area contributed by atoms with Gasteiger partial charge in [-0.2, -0.15) is 0 Å². The van der Waals surface area contributed by atoms with Crippen LogP contribution in [0.25, 0.3) is 0 Å². The molecule has 1 aromatic rings. The van der Waals surface area contributed by atoms with Crippen molar-refractivity contribution in [3.05, 3.63) is 24.3 Å². The van der Waals surface area contributed by atoms with E-state index in [1.807, 2.05) is 30.0 Å². The van der Waals surface area contributed by atoms with E-state index in [0.29, 0.717) is 11.0 Å². The van der Waals surface area contributed by atoms with Gasteiger partial charge in [-0.15, -0.1) is 11.8 Å². The molecule has 2 aliphatic heterocycles. The Balaban J connectivity index is 1.69. The molecule has 1 aromatic carbocycles. The first kappa shape index (κ1) is 10.5. The first-order valence-corrected chi connectivity index (χ1v) is 6.90. The monoisotopic (exact) mass is 235 g/mol. The summed E-state index contributed by atoms with van der Waals surface area (Å²) in [7, 11) is 0. The summed E-state index contributed by atoms with van der Waals surface area (Å²) < 4.78 is 0. The number of phenolic OH excluding ortho intramolecular Hbond substituents is 1. The van der Waals surface area contributed by atoms with E-state index in [4.69, 9.17) is 0 Å². The first-order chi connectivity index (χ1) is 7.81. The second-order valence-electron chi connectivity index (χ2n) is 4.82. The lowest BCUT2D eigenvalue weighted by atomic mass is 10.1. The van der Waals surface area contributed by atoms with Crippen LogP contribution < -0.4 is 5.32 Å². The van der Waals surface area contributed by atoms with E-state index >= 15 is 0 Å². The minimum Gasteiger partial charge on any atom is -0.507 e. The molecule has 2 atom stereocenters. The van der Waals surface area contributed by atoms with Crippen LogP contribution in [0.2, 0.25) is 0 Å². The second-order valence-corrected chi connectivity index (χ2v) is 6.16. The average Bonchev–Trinajstić information content (AvgIpc) is 2.62. The van der Waals surface area contributed by atoms with E-state index in [2.05, 4.69) is 5.32 Å². The summed E-state index contributed by atoms with van der Waals surface area (Å²) in [4.78, 5) is 1.04. The lowest BCUT2D eigenvalue weighted by Gasteiger charge is -2.28. The molecule has 2 nitrogen and oxygen atoms in total. The number of benzene rings is 1. The van der Waals surface area contributed by atoms with Crippen LogP contribution in [0, 0.1) is 0 Å². The highest BCUT2D eigenvalue weighted by atomic mass is 32.2. The summed E-state index contributed by atoms with van der Waals surface area (Å²) in [6, 6.07) is 9.12. The topological polar surface area (TPSA) is 32.3 Å². The molecule has 2 bridgehead atoms. The maximum atomic E-state index is 9.75. The molecule has 0 spiro atoms. The Bertz CT molecular complexity index is 370. The van der Waals surface area contributed by atoms with E-state index in [1.165, 1.54) is 25.7 Å². The molecule has 0 aromatic heterocycles. The molecule has 2 heterocycles. The first-order valence-electron chi connectivity index (χ1n) is 6.02. The fourth-order valence-electron chi connectivity index (χ4n) is 2.84. The molecule has 0 aliphatic carbocycles. The molecular formula is C13H17NOS. The van der Waals surface area contributed by atoms with Gasteiger partial charge in [0.25, 0.3) is 0 Å². The Hall–Kier alpha value is -0.670. The fourth-order valence-corrected chi connectivity index (χ4v) is 4.20. The van der Waals surface area contributed by atoms with Gasteiger partial charge in [-0.25, -0.2) is 0 Å². The highest BCUT2D eigenvalue weighted by Crippen LogP contribution is 2.39. The van der Waals surface area contributed by atoms with Crippen molar-refractivity contribution in [3.8, 4) is 5.75 Å². The Kier molecular flexibility index (Phi) is 2.82. The Labute approximate surface area is 100 Å². The second kappa shape index (κ2) is 4.30. The summed E-state index contributed by atoms with van der Waals surface area (Å²) >= 11 is 1.85. The van der Waals surface area contributed by atoms with Crippen molar-refractivity contribution >= 4 is 11.8 Å². The number of para-hydroxylation sites is 1. The number of hydrogen-bond acceptors (Lipinski definition) is 3. The third kappa shape index (κ3) is 2.06. The Morgan fingerprint density at radius 1 is 1.12 bits per heavy atom. The number of aromatic hydroxyl groups is 1. The molecule has 2 saturated heterocycles. The standard InChI is InChI=1S/C13H17NOS/c15-12-3-1-2-4-13(12)16-11-7-9-5-6-10(8-11)14-9/h1-4,9-11,14-15H,5-8H2. The molecule has 2 unspecified atom stereocenters. The Morgan fingerprint density at radius 2 is 1.81 bits per heavy atom. The van der Waals surface area contributed by atoms with Crippen LogP contribution in [-0.2, 0) is 0 Å². The van der Waals surface area contributed by atoms with E-state index < -0.39 is 0 Å². The zero-order chi connectivity index (χ0) is 11.0. The highest BCUT2D eigenvalue weighted by Gasteiger charge is 2.33. The minimum absolute atomic E-state index is 0.429.